The van der Waals surface area contributed by atoms with Crippen LogP contribution in [-0.4, -0.2) is 23.8 Å². The Morgan fingerprint density at radius 1 is 1.29 bits per heavy atom. The van der Waals surface area contributed by atoms with Gasteiger partial charge < -0.3 is 14.6 Å². The number of nitrogens with one attached hydrogen (secondary N) is 1. The molecule has 0 radical (unpaired) electrons. The normalized spacial score (nSPS) is 12.0. The molecule has 0 atom stereocenters. The van der Waals surface area contributed by atoms with Crippen molar-refractivity contribution in [2.45, 2.75) is 52.2 Å². The molecule has 1 N–H and O–H groups in total. The molecule has 0 amide bonds. The Kier molecular flexibility index (Phi) is 5.72. The zero-order valence-electron chi connectivity index (χ0n) is 11.6. The van der Waals surface area contributed by atoms with Crippen molar-refractivity contribution in [2.75, 3.05) is 13.7 Å². The molecule has 17 heavy (non-hydrogen) atoms. The van der Waals surface area contributed by atoms with Gasteiger partial charge in [0, 0.05) is 44.2 Å². The molecule has 1 heterocycles. The van der Waals surface area contributed by atoms with Gasteiger partial charge in [0.25, 0.3) is 0 Å². The van der Waals surface area contributed by atoms with Gasteiger partial charge in [-0.1, -0.05) is 0 Å². The molecular formula is C14H26N2O. The molecule has 0 saturated heterocycles. The number of unbranched alkanes of at least 4 members (excludes halogenated alkanes) is 1. The zero-order valence-corrected chi connectivity index (χ0v) is 11.6. The average molecular weight is 238 g/mol. The van der Waals surface area contributed by atoms with Crippen LogP contribution in [0.4, 0.5) is 0 Å². The van der Waals surface area contributed by atoms with Crippen molar-refractivity contribution < 1.29 is 4.74 Å². The second-order valence-corrected chi connectivity index (χ2v) is 5.50. The van der Waals surface area contributed by atoms with Gasteiger partial charge in [-0.15, -0.1) is 0 Å². The Labute approximate surface area is 105 Å². The Morgan fingerprint density at radius 3 is 2.71 bits per heavy atom. The summed E-state index contributed by atoms with van der Waals surface area (Å²) in [4.78, 5) is 0. The maximum atomic E-state index is 5.06. The Morgan fingerprint density at radius 2 is 2.06 bits per heavy atom. The second kappa shape index (κ2) is 6.82. The van der Waals surface area contributed by atoms with E-state index in [2.05, 4.69) is 49.0 Å². The molecule has 1 aromatic rings. The fourth-order valence-corrected chi connectivity index (χ4v) is 1.71. The van der Waals surface area contributed by atoms with Gasteiger partial charge in [-0.2, -0.15) is 0 Å². The third kappa shape index (κ3) is 5.89. The van der Waals surface area contributed by atoms with E-state index in [-0.39, 0.29) is 5.54 Å². The van der Waals surface area contributed by atoms with Crippen molar-refractivity contribution in [3.8, 4) is 0 Å². The minimum atomic E-state index is 0.172. The van der Waals surface area contributed by atoms with Crippen LogP contribution in [0.1, 0.15) is 39.3 Å². The SMILES string of the molecule is COCCCCn1cccc1CNC(C)(C)C. The maximum Gasteiger partial charge on any atom is 0.0462 e. The maximum absolute atomic E-state index is 5.06. The predicted octanol–water partition coefficient (Wildman–Crippen LogP) is 2.80. The van der Waals surface area contributed by atoms with Gasteiger partial charge in [-0.25, -0.2) is 0 Å². The van der Waals surface area contributed by atoms with Crippen molar-refractivity contribution in [1.29, 1.82) is 0 Å². The number of nitrogens with zero attached hydrogens (tertiary/aromatic N) is 1. The van der Waals surface area contributed by atoms with Gasteiger partial charge >= 0.3 is 0 Å². The molecule has 3 nitrogen and oxygen atoms in total. The number of ether oxygens (including phenoxy) is 1. The summed E-state index contributed by atoms with van der Waals surface area (Å²) in [6, 6.07) is 4.31. The van der Waals surface area contributed by atoms with Crippen molar-refractivity contribution in [3.05, 3.63) is 24.0 Å². The first-order chi connectivity index (χ1) is 8.03. The summed E-state index contributed by atoms with van der Waals surface area (Å²) in [7, 11) is 1.76. The number of methoxy groups -OCH3 is 1. The standard InChI is InChI=1S/C14H26N2O/c1-14(2,3)15-12-13-8-7-10-16(13)9-5-6-11-17-4/h7-8,10,15H,5-6,9,11-12H2,1-4H3. The summed E-state index contributed by atoms with van der Waals surface area (Å²) < 4.78 is 7.39. The number of aryl methyl sites for hydroxylation is 1. The lowest BCUT2D eigenvalue weighted by Gasteiger charge is -2.21. The summed E-state index contributed by atoms with van der Waals surface area (Å²) in [5, 5.41) is 3.52. The van der Waals surface area contributed by atoms with Crippen LogP contribution in [0.25, 0.3) is 0 Å². The molecule has 0 aliphatic carbocycles. The molecule has 1 rings (SSSR count). The van der Waals surface area contributed by atoms with E-state index in [0.717, 1.165) is 26.1 Å². The molecular weight excluding hydrogens is 212 g/mol. The van der Waals surface area contributed by atoms with Gasteiger partial charge in [-0.3, -0.25) is 0 Å². The van der Waals surface area contributed by atoms with E-state index in [4.69, 9.17) is 4.74 Å². The first-order valence-electron chi connectivity index (χ1n) is 6.41. The lowest BCUT2D eigenvalue weighted by atomic mass is 10.1. The van der Waals surface area contributed by atoms with Crippen molar-refractivity contribution in [1.82, 2.24) is 9.88 Å². The summed E-state index contributed by atoms with van der Waals surface area (Å²) in [5.74, 6) is 0. The van der Waals surface area contributed by atoms with E-state index >= 15 is 0 Å². The van der Waals surface area contributed by atoms with Crippen LogP contribution in [0.2, 0.25) is 0 Å². The minimum absolute atomic E-state index is 0.172. The topological polar surface area (TPSA) is 26.2 Å². The monoisotopic (exact) mass is 238 g/mol. The number of rotatable bonds is 7. The van der Waals surface area contributed by atoms with Gasteiger partial charge in [0.2, 0.25) is 0 Å². The molecule has 0 aromatic carbocycles. The van der Waals surface area contributed by atoms with E-state index in [1.165, 1.54) is 12.1 Å². The quantitative estimate of drug-likeness (QED) is 0.739. The Bertz CT molecular complexity index is 312. The van der Waals surface area contributed by atoms with Crippen LogP contribution in [-0.2, 0) is 17.8 Å². The highest BCUT2D eigenvalue weighted by molar-refractivity contribution is 5.07. The molecule has 0 fully saturated rings. The molecule has 0 spiro atoms. The average Bonchev–Trinajstić information content (AvgIpc) is 2.68. The van der Waals surface area contributed by atoms with Gasteiger partial charge in [0.05, 0.1) is 0 Å². The summed E-state index contributed by atoms with van der Waals surface area (Å²) in [5.41, 5.74) is 1.53. The Balaban J connectivity index is 2.37. The van der Waals surface area contributed by atoms with Crippen LogP contribution >= 0.6 is 0 Å². The lowest BCUT2D eigenvalue weighted by Crippen LogP contribution is -2.35. The third-order valence-electron chi connectivity index (χ3n) is 2.72. The molecule has 0 unspecified atom stereocenters. The molecule has 98 valence electrons. The summed E-state index contributed by atoms with van der Waals surface area (Å²) in [6.45, 7) is 9.45. The second-order valence-electron chi connectivity index (χ2n) is 5.50. The van der Waals surface area contributed by atoms with E-state index in [1.807, 2.05) is 0 Å². The summed E-state index contributed by atoms with van der Waals surface area (Å²) in [6.07, 6.45) is 4.46. The van der Waals surface area contributed by atoms with E-state index < -0.39 is 0 Å². The van der Waals surface area contributed by atoms with Crippen LogP contribution in [0.15, 0.2) is 18.3 Å². The molecule has 0 aliphatic rings. The molecule has 1 aromatic heterocycles. The fraction of sp³-hybridized carbons (Fsp3) is 0.714. The smallest absolute Gasteiger partial charge is 0.0462 e. The lowest BCUT2D eigenvalue weighted by molar-refractivity contribution is 0.191. The molecule has 0 aliphatic heterocycles. The largest absolute Gasteiger partial charge is 0.385 e. The van der Waals surface area contributed by atoms with Gasteiger partial charge in [0.15, 0.2) is 0 Å². The van der Waals surface area contributed by atoms with Gasteiger partial charge in [-0.05, 0) is 45.7 Å². The predicted molar refractivity (Wildman–Crippen MR) is 72.1 cm³/mol. The summed E-state index contributed by atoms with van der Waals surface area (Å²) >= 11 is 0. The minimum Gasteiger partial charge on any atom is -0.385 e. The van der Waals surface area contributed by atoms with Crippen LogP contribution in [0.3, 0.4) is 0 Å². The highest BCUT2D eigenvalue weighted by atomic mass is 16.5. The van der Waals surface area contributed by atoms with Crippen molar-refractivity contribution in [3.63, 3.8) is 0 Å². The van der Waals surface area contributed by atoms with Crippen molar-refractivity contribution >= 4 is 0 Å². The van der Waals surface area contributed by atoms with Crippen LogP contribution in [0, 0.1) is 0 Å². The number of hydrogen-bond donors (Lipinski definition) is 1. The van der Waals surface area contributed by atoms with Crippen LogP contribution in [0.5, 0.6) is 0 Å². The highest BCUT2D eigenvalue weighted by Crippen LogP contribution is 2.07. The number of hydrogen-bond acceptors (Lipinski definition) is 2. The molecule has 0 bridgehead atoms. The third-order valence-corrected chi connectivity index (χ3v) is 2.72. The zero-order chi connectivity index (χ0) is 12.7. The van der Waals surface area contributed by atoms with E-state index in [0.29, 0.717) is 0 Å². The van der Waals surface area contributed by atoms with E-state index in [9.17, 15) is 0 Å². The van der Waals surface area contributed by atoms with E-state index in [1.54, 1.807) is 7.11 Å². The number of aromatic nitrogens is 1. The van der Waals surface area contributed by atoms with Gasteiger partial charge in [0.1, 0.15) is 0 Å². The molecule has 3 heteroatoms. The Hall–Kier alpha value is -0.800. The van der Waals surface area contributed by atoms with Crippen molar-refractivity contribution in [2.24, 2.45) is 0 Å². The first kappa shape index (κ1) is 14.3. The first-order valence-corrected chi connectivity index (χ1v) is 6.41. The van der Waals surface area contributed by atoms with Crippen LogP contribution < -0.4 is 5.32 Å². The highest BCUT2D eigenvalue weighted by Gasteiger charge is 2.09. The fourth-order valence-electron chi connectivity index (χ4n) is 1.71. The molecule has 0 saturated carbocycles.